The lowest BCUT2D eigenvalue weighted by atomic mass is 10.1. The van der Waals surface area contributed by atoms with Gasteiger partial charge in [-0.1, -0.05) is 38.2 Å². The van der Waals surface area contributed by atoms with E-state index in [4.69, 9.17) is 0 Å². The van der Waals surface area contributed by atoms with E-state index in [9.17, 15) is 18.3 Å². The standard InChI is InChI=1S/C18H34N2O4S/c1-5-6-7-8-9-10-11-12-13-18(14-15-18)25(23,24)19-20(16(21)22)17(2,3)4/h5,19H,1,6-15H2,2-4H3,(H,21,22). The average molecular weight is 375 g/mol. The van der Waals surface area contributed by atoms with Crippen LogP contribution in [0.1, 0.15) is 85.0 Å². The molecule has 1 aliphatic rings. The van der Waals surface area contributed by atoms with Crippen molar-refractivity contribution >= 4 is 16.1 Å². The quantitative estimate of drug-likeness (QED) is 0.300. The first kappa shape index (κ1) is 22.0. The summed E-state index contributed by atoms with van der Waals surface area (Å²) < 4.78 is 24.6. The van der Waals surface area contributed by atoms with Gasteiger partial charge in [0, 0.05) is 0 Å². The molecule has 0 bridgehead atoms. The number of unbranched alkanes of at least 4 members (excludes halogenated alkanes) is 6. The van der Waals surface area contributed by atoms with Crippen LogP contribution in [-0.4, -0.2) is 34.9 Å². The Bertz CT molecular complexity index is 548. The fraction of sp³-hybridized carbons (Fsp3) is 0.833. The molecule has 1 rings (SSSR count). The molecule has 0 heterocycles. The zero-order chi connectivity index (χ0) is 19.1. The first-order chi connectivity index (χ1) is 11.6. The van der Waals surface area contributed by atoms with Crippen LogP contribution in [0.25, 0.3) is 0 Å². The van der Waals surface area contributed by atoms with Gasteiger partial charge < -0.3 is 5.11 Å². The maximum atomic E-state index is 12.7. The van der Waals surface area contributed by atoms with Crippen molar-refractivity contribution in [3.63, 3.8) is 0 Å². The number of nitrogens with one attached hydrogen (secondary N) is 1. The van der Waals surface area contributed by atoms with E-state index in [1.807, 2.05) is 6.08 Å². The Labute approximate surface area is 152 Å². The van der Waals surface area contributed by atoms with Crippen molar-refractivity contribution in [3.8, 4) is 0 Å². The van der Waals surface area contributed by atoms with Crippen LogP contribution in [0.5, 0.6) is 0 Å². The smallest absolute Gasteiger partial charge is 0.423 e. The molecule has 1 amide bonds. The lowest BCUT2D eigenvalue weighted by Gasteiger charge is -2.34. The second-order valence-electron chi connectivity index (χ2n) is 8.02. The Morgan fingerprint density at radius 3 is 2.12 bits per heavy atom. The van der Waals surface area contributed by atoms with Gasteiger partial charge in [0.2, 0.25) is 10.0 Å². The van der Waals surface area contributed by atoms with E-state index in [-0.39, 0.29) is 0 Å². The van der Waals surface area contributed by atoms with Gasteiger partial charge in [-0.2, -0.15) is 0 Å². The van der Waals surface area contributed by atoms with Gasteiger partial charge in [0.25, 0.3) is 0 Å². The van der Waals surface area contributed by atoms with Crippen molar-refractivity contribution in [1.82, 2.24) is 9.84 Å². The van der Waals surface area contributed by atoms with Crippen molar-refractivity contribution in [2.45, 2.75) is 95.3 Å². The minimum atomic E-state index is -3.70. The molecule has 0 aromatic rings. The summed E-state index contributed by atoms with van der Waals surface area (Å²) in [5.74, 6) is 0. The van der Waals surface area contributed by atoms with Crippen LogP contribution in [0.4, 0.5) is 4.79 Å². The zero-order valence-electron chi connectivity index (χ0n) is 15.9. The largest absolute Gasteiger partial charge is 0.464 e. The molecule has 0 spiro atoms. The van der Waals surface area contributed by atoms with Gasteiger partial charge in [0.1, 0.15) is 0 Å². The Morgan fingerprint density at radius 2 is 1.68 bits per heavy atom. The number of hydrogen-bond acceptors (Lipinski definition) is 3. The number of hydrazine groups is 1. The molecule has 0 aromatic heterocycles. The molecule has 0 aliphatic heterocycles. The van der Waals surface area contributed by atoms with E-state index in [0.717, 1.165) is 30.7 Å². The number of carboxylic acid groups (broad SMARTS) is 1. The van der Waals surface area contributed by atoms with Crippen LogP contribution in [0, 0.1) is 0 Å². The van der Waals surface area contributed by atoms with Gasteiger partial charge in [-0.3, -0.25) is 0 Å². The van der Waals surface area contributed by atoms with Crippen molar-refractivity contribution in [3.05, 3.63) is 12.7 Å². The number of amides is 1. The number of hydrogen-bond donors (Lipinski definition) is 2. The second kappa shape index (κ2) is 9.03. The molecule has 1 fully saturated rings. The van der Waals surface area contributed by atoms with Gasteiger partial charge in [0.05, 0.1) is 10.3 Å². The highest BCUT2D eigenvalue weighted by Gasteiger charge is 2.55. The van der Waals surface area contributed by atoms with E-state index >= 15 is 0 Å². The summed E-state index contributed by atoms with van der Waals surface area (Å²) in [4.78, 5) is 13.7. The van der Waals surface area contributed by atoms with Crippen LogP contribution >= 0.6 is 0 Å². The highest BCUT2D eigenvalue weighted by molar-refractivity contribution is 7.91. The van der Waals surface area contributed by atoms with Crippen molar-refractivity contribution in [2.24, 2.45) is 0 Å². The Balaban J connectivity index is 2.46. The number of allylic oxidation sites excluding steroid dienone is 1. The summed E-state index contributed by atoms with van der Waals surface area (Å²) in [5, 5.41) is 10.1. The third kappa shape index (κ3) is 6.62. The molecule has 2 N–H and O–H groups in total. The lowest BCUT2D eigenvalue weighted by Crippen LogP contribution is -2.57. The van der Waals surface area contributed by atoms with E-state index < -0.39 is 26.4 Å². The summed E-state index contributed by atoms with van der Waals surface area (Å²) in [6.45, 7) is 8.70. The molecule has 25 heavy (non-hydrogen) atoms. The maximum Gasteiger partial charge on any atom is 0.423 e. The summed E-state index contributed by atoms with van der Waals surface area (Å²) in [6.07, 6.45) is 10.1. The Hall–Kier alpha value is -1.08. The predicted molar refractivity (Wildman–Crippen MR) is 101 cm³/mol. The molecular weight excluding hydrogens is 340 g/mol. The minimum absolute atomic E-state index is 0.604. The fourth-order valence-electron chi connectivity index (χ4n) is 2.92. The van der Waals surface area contributed by atoms with Crippen molar-refractivity contribution in [1.29, 1.82) is 0 Å². The molecule has 146 valence electrons. The molecule has 0 unspecified atom stereocenters. The number of carbonyl (C=O) groups is 1. The van der Waals surface area contributed by atoms with Crippen molar-refractivity contribution in [2.75, 3.05) is 0 Å². The normalized spacial score (nSPS) is 16.4. The van der Waals surface area contributed by atoms with Crippen LogP contribution < -0.4 is 4.83 Å². The lowest BCUT2D eigenvalue weighted by molar-refractivity contribution is 0.0853. The Morgan fingerprint density at radius 1 is 1.16 bits per heavy atom. The van der Waals surface area contributed by atoms with Crippen molar-refractivity contribution < 1.29 is 18.3 Å². The van der Waals surface area contributed by atoms with Gasteiger partial charge in [-0.05, 0) is 52.9 Å². The molecule has 7 heteroatoms. The molecule has 0 saturated heterocycles. The maximum absolute atomic E-state index is 12.7. The first-order valence-electron chi connectivity index (χ1n) is 9.22. The van der Waals surface area contributed by atoms with E-state index in [0.29, 0.717) is 19.3 Å². The van der Waals surface area contributed by atoms with Gasteiger partial charge in [-0.25, -0.2) is 18.2 Å². The molecular formula is C18H34N2O4S. The highest BCUT2D eigenvalue weighted by atomic mass is 32.2. The van der Waals surface area contributed by atoms with E-state index in [1.165, 1.54) is 19.3 Å². The summed E-state index contributed by atoms with van der Waals surface area (Å²) in [5.41, 5.74) is -0.833. The van der Waals surface area contributed by atoms with Gasteiger partial charge in [0.15, 0.2) is 0 Å². The highest BCUT2D eigenvalue weighted by Crippen LogP contribution is 2.47. The Kier molecular flexibility index (Phi) is 7.93. The molecule has 0 atom stereocenters. The van der Waals surface area contributed by atoms with Gasteiger partial charge in [-0.15, -0.1) is 11.4 Å². The number of rotatable bonds is 12. The number of sulfonamides is 1. The zero-order valence-corrected chi connectivity index (χ0v) is 16.7. The average Bonchev–Trinajstić information content (AvgIpc) is 3.28. The third-order valence-electron chi connectivity index (χ3n) is 4.74. The van der Waals surface area contributed by atoms with Crippen LogP contribution in [0.3, 0.4) is 0 Å². The SMILES string of the molecule is C=CCCCCCCCCC1(S(=O)(=O)NN(C(=O)O)C(C)(C)C)CC1. The molecule has 1 aliphatic carbocycles. The monoisotopic (exact) mass is 374 g/mol. The summed E-state index contributed by atoms with van der Waals surface area (Å²) in [7, 11) is -3.70. The summed E-state index contributed by atoms with van der Waals surface area (Å²) >= 11 is 0. The van der Waals surface area contributed by atoms with Crippen LogP contribution in [0.2, 0.25) is 0 Å². The molecule has 6 nitrogen and oxygen atoms in total. The fourth-order valence-corrected chi connectivity index (χ4v) is 4.75. The van der Waals surface area contributed by atoms with E-state index in [2.05, 4.69) is 11.4 Å². The summed E-state index contributed by atoms with van der Waals surface area (Å²) in [6, 6.07) is 0. The van der Waals surface area contributed by atoms with E-state index in [1.54, 1.807) is 20.8 Å². The third-order valence-corrected chi connectivity index (χ3v) is 6.92. The molecule has 1 saturated carbocycles. The van der Waals surface area contributed by atoms with Gasteiger partial charge >= 0.3 is 6.09 Å². The molecule has 0 aromatic carbocycles. The number of nitrogens with zero attached hydrogens (tertiary/aromatic N) is 1. The second-order valence-corrected chi connectivity index (χ2v) is 10.1. The topological polar surface area (TPSA) is 86.7 Å². The predicted octanol–water partition coefficient (Wildman–Crippen LogP) is 4.44. The van der Waals surface area contributed by atoms with Crippen LogP contribution in [0.15, 0.2) is 12.7 Å². The van der Waals surface area contributed by atoms with Crippen LogP contribution in [-0.2, 0) is 10.0 Å². The first-order valence-corrected chi connectivity index (χ1v) is 10.7. The molecule has 0 radical (unpaired) electrons. The minimum Gasteiger partial charge on any atom is -0.464 e.